The standard InChI is InChI=1S/C32H24N4OS/c37-24-19-15-22(16-20-24)32(36-27-9-3-5-11-29(27)38-30-12-6-4-10-28(30)36)33-23-17-13-21(14-18-23)31-34-25-7-1-2-8-26(25)35-31/h1-20,32-33,37H,(H,34,35). The Morgan fingerprint density at radius 3 is 2.03 bits per heavy atom. The molecule has 0 aliphatic carbocycles. The summed E-state index contributed by atoms with van der Waals surface area (Å²) in [4.78, 5) is 12.9. The molecular formula is C32H24N4OS. The summed E-state index contributed by atoms with van der Waals surface area (Å²) < 4.78 is 0. The van der Waals surface area contributed by atoms with Gasteiger partial charge in [-0.15, -0.1) is 0 Å². The Balaban J connectivity index is 1.29. The van der Waals surface area contributed by atoms with Crippen molar-refractivity contribution in [2.75, 3.05) is 10.2 Å². The predicted molar refractivity (Wildman–Crippen MR) is 155 cm³/mol. The van der Waals surface area contributed by atoms with Gasteiger partial charge in [0.05, 0.1) is 22.4 Å². The molecule has 0 fully saturated rings. The van der Waals surface area contributed by atoms with Gasteiger partial charge in [-0.25, -0.2) is 4.98 Å². The van der Waals surface area contributed by atoms with Crippen LogP contribution in [0.1, 0.15) is 11.7 Å². The number of fused-ring (bicyclic) bond motifs is 3. The molecule has 0 spiro atoms. The minimum Gasteiger partial charge on any atom is -0.508 e. The normalized spacial score (nSPS) is 13.1. The number of rotatable bonds is 5. The van der Waals surface area contributed by atoms with E-state index in [0.29, 0.717) is 0 Å². The lowest BCUT2D eigenvalue weighted by Gasteiger charge is -2.39. The molecule has 7 rings (SSSR count). The van der Waals surface area contributed by atoms with E-state index in [2.05, 4.69) is 88.0 Å². The maximum atomic E-state index is 10.00. The van der Waals surface area contributed by atoms with Crippen molar-refractivity contribution >= 4 is 39.9 Å². The highest BCUT2D eigenvalue weighted by molar-refractivity contribution is 7.99. The molecule has 1 aliphatic heterocycles. The lowest BCUT2D eigenvalue weighted by molar-refractivity contribution is 0.475. The predicted octanol–water partition coefficient (Wildman–Crippen LogP) is 8.35. The number of imidazole rings is 1. The van der Waals surface area contributed by atoms with Gasteiger partial charge in [0.2, 0.25) is 0 Å². The first-order chi connectivity index (χ1) is 18.7. The van der Waals surface area contributed by atoms with Crippen molar-refractivity contribution in [1.29, 1.82) is 0 Å². The van der Waals surface area contributed by atoms with E-state index in [1.165, 1.54) is 9.79 Å². The van der Waals surface area contributed by atoms with Gasteiger partial charge in [-0.2, -0.15) is 0 Å². The molecule has 6 aromatic rings. The zero-order valence-corrected chi connectivity index (χ0v) is 21.2. The van der Waals surface area contributed by atoms with E-state index in [-0.39, 0.29) is 11.9 Å². The van der Waals surface area contributed by atoms with Crippen LogP contribution in [0.3, 0.4) is 0 Å². The number of nitrogens with zero attached hydrogens (tertiary/aromatic N) is 2. The highest BCUT2D eigenvalue weighted by Crippen LogP contribution is 2.51. The number of aromatic hydroxyl groups is 1. The first kappa shape index (κ1) is 22.5. The van der Waals surface area contributed by atoms with Crippen LogP contribution in [0.5, 0.6) is 5.75 Å². The molecule has 3 N–H and O–H groups in total. The van der Waals surface area contributed by atoms with E-state index >= 15 is 0 Å². The number of hydrogen-bond acceptors (Lipinski definition) is 5. The second-order valence-corrected chi connectivity index (χ2v) is 10.3. The molecule has 38 heavy (non-hydrogen) atoms. The van der Waals surface area contributed by atoms with Gasteiger partial charge >= 0.3 is 0 Å². The Morgan fingerprint density at radius 2 is 1.34 bits per heavy atom. The molecule has 0 amide bonds. The number of H-pyrrole nitrogens is 1. The second kappa shape index (κ2) is 9.32. The maximum absolute atomic E-state index is 10.00. The van der Waals surface area contributed by atoms with Crippen LogP contribution >= 0.6 is 11.8 Å². The third kappa shape index (κ3) is 4.05. The number of para-hydroxylation sites is 4. The van der Waals surface area contributed by atoms with Crippen LogP contribution < -0.4 is 10.2 Å². The number of phenolic OH excluding ortho intramolecular Hbond substituents is 1. The van der Waals surface area contributed by atoms with Crippen LogP contribution in [0.15, 0.2) is 131 Å². The molecule has 5 aromatic carbocycles. The summed E-state index contributed by atoms with van der Waals surface area (Å²) in [5, 5.41) is 13.8. The Bertz CT molecular complexity index is 1670. The monoisotopic (exact) mass is 512 g/mol. The number of nitrogens with one attached hydrogen (secondary N) is 2. The topological polar surface area (TPSA) is 64.2 Å². The van der Waals surface area contributed by atoms with E-state index in [0.717, 1.165) is 45.0 Å². The fraction of sp³-hybridized carbons (Fsp3) is 0.0312. The molecule has 6 heteroatoms. The Labute approximate surface area is 224 Å². The highest BCUT2D eigenvalue weighted by Gasteiger charge is 2.30. The molecule has 1 atom stereocenters. The number of aromatic nitrogens is 2. The van der Waals surface area contributed by atoms with Crippen LogP contribution in [0.25, 0.3) is 22.4 Å². The first-order valence-electron chi connectivity index (χ1n) is 12.5. The number of hydrogen-bond donors (Lipinski definition) is 3. The molecule has 1 aliphatic rings. The van der Waals surface area contributed by atoms with Crippen molar-refractivity contribution < 1.29 is 5.11 Å². The third-order valence-corrected chi connectivity index (χ3v) is 7.92. The van der Waals surface area contributed by atoms with Crippen LogP contribution in [0.2, 0.25) is 0 Å². The fourth-order valence-corrected chi connectivity index (χ4v) is 6.01. The van der Waals surface area contributed by atoms with Crippen molar-refractivity contribution in [3.05, 3.63) is 127 Å². The summed E-state index contributed by atoms with van der Waals surface area (Å²) in [6, 6.07) is 40.8. The largest absolute Gasteiger partial charge is 0.508 e. The van der Waals surface area contributed by atoms with Crippen molar-refractivity contribution in [1.82, 2.24) is 9.97 Å². The minimum atomic E-state index is -0.212. The van der Waals surface area contributed by atoms with Gasteiger partial charge in [-0.05, 0) is 78.4 Å². The second-order valence-electron chi connectivity index (χ2n) is 9.23. The van der Waals surface area contributed by atoms with Crippen LogP contribution in [0, 0.1) is 0 Å². The van der Waals surface area contributed by atoms with Gasteiger partial charge in [-0.1, -0.05) is 60.3 Å². The molecule has 1 aromatic heterocycles. The Kier molecular flexibility index (Phi) is 5.52. The van der Waals surface area contributed by atoms with Gasteiger partial charge in [0.15, 0.2) is 0 Å². The van der Waals surface area contributed by atoms with Gasteiger partial charge in [0, 0.05) is 21.0 Å². The Hall–Kier alpha value is -4.68. The molecular weight excluding hydrogens is 488 g/mol. The number of aromatic amines is 1. The quantitative estimate of drug-likeness (QED) is 0.217. The molecule has 1 unspecified atom stereocenters. The summed E-state index contributed by atoms with van der Waals surface area (Å²) in [7, 11) is 0. The summed E-state index contributed by atoms with van der Waals surface area (Å²) in [5.41, 5.74) is 7.31. The van der Waals surface area contributed by atoms with Gasteiger partial charge < -0.3 is 20.3 Å². The molecule has 0 bridgehead atoms. The van der Waals surface area contributed by atoms with Crippen molar-refractivity contribution in [2.45, 2.75) is 16.0 Å². The average Bonchev–Trinajstić information content (AvgIpc) is 3.40. The van der Waals surface area contributed by atoms with Gasteiger partial charge in [-0.3, -0.25) is 0 Å². The lowest BCUT2D eigenvalue weighted by atomic mass is 10.1. The Morgan fingerprint density at radius 1 is 0.711 bits per heavy atom. The zero-order valence-electron chi connectivity index (χ0n) is 20.4. The SMILES string of the molecule is Oc1ccc(C(Nc2ccc(-c3nc4ccccc4[nH]3)cc2)N2c3ccccc3Sc3ccccc32)cc1. The van der Waals surface area contributed by atoms with E-state index in [4.69, 9.17) is 4.98 Å². The minimum absolute atomic E-state index is 0.212. The van der Waals surface area contributed by atoms with E-state index < -0.39 is 0 Å². The maximum Gasteiger partial charge on any atom is 0.138 e. The number of benzene rings is 5. The molecule has 0 saturated heterocycles. The van der Waals surface area contributed by atoms with Crippen molar-refractivity contribution in [2.24, 2.45) is 0 Å². The van der Waals surface area contributed by atoms with Gasteiger partial charge in [0.1, 0.15) is 17.7 Å². The molecule has 184 valence electrons. The summed E-state index contributed by atoms with van der Waals surface area (Å²) in [5.74, 6) is 1.10. The van der Waals surface area contributed by atoms with Gasteiger partial charge in [0.25, 0.3) is 0 Å². The first-order valence-corrected chi connectivity index (χ1v) is 13.3. The molecule has 5 nitrogen and oxygen atoms in total. The summed E-state index contributed by atoms with van der Waals surface area (Å²) in [6.45, 7) is 0. The molecule has 2 heterocycles. The van der Waals surface area contributed by atoms with E-state index in [9.17, 15) is 5.11 Å². The van der Waals surface area contributed by atoms with Crippen molar-refractivity contribution in [3.63, 3.8) is 0 Å². The number of phenols is 1. The third-order valence-electron chi connectivity index (χ3n) is 6.79. The van der Waals surface area contributed by atoms with E-state index in [1.807, 2.05) is 36.4 Å². The lowest BCUT2D eigenvalue weighted by Crippen LogP contribution is -2.32. The average molecular weight is 513 g/mol. The fourth-order valence-electron chi connectivity index (χ4n) is 4.94. The van der Waals surface area contributed by atoms with Crippen LogP contribution in [-0.4, -0.2) is 15.1 Å². The highest BCUT2D eigenvalue weighted by atomic mass is 32.2. The van der Waals surface area contributed by atoms with Crippen molar-refractivity contribution in [3.8, 4) is 17.1 Å². The molecule has 0 saturated carbocycles. The zero-order chi connectivity index (χ0) is 25.5. The smallest absolute Gasteiger partial charge is 0.138 e. The van der Waals surface area contributed by atoms with Crippen LogP contribution in [0.4, 0.5) is 17.1 Å². The van der Waals surface area contributed by atoms with Crippen LogP contribution in [-0.2, 0) is 0 Å². The summed E-state index contributed by atoms with van der Waals surface area (Å²) >= 11 is 1.79. The molecule has 0 radical (unpaired) electrons. The summed E-state index contributed by atoms with van der Waals surface area (Å²) in [6.07, 6.45) is -0.212. The van der Waals surface area contributed by atoms with E-state index in [1.54, 1.807) is 23.9 Å². The number of anilines is 3.